The zero-order chi connectivity index (χ0) is 16.9. The van der Waals surface area contributed by atoms with Gasteiger partial charge in [-0.2, -0.15) is 0 Å². The standard InChI is InChI=1S/C20H23N3O/c1-15(2)23-14-22-18-12-17(8-10-19(18)23)13-21-20(24)11-9-16-6-4-3-5-7-16/h3-8,10,12,14-15H,9,11,13H2,1-2H3,(H,21,24). The van der Waals surface area contributed by atoms with Gasteiger partial charge in [-0.15, -0.1) is 0 Å². The van der Waals surface area contributed by atoms with Crippen LogP contribution in [-0.4, -0.2) is 15.5 Å². The van der Waals surface area contributed by atoms with E-state index < -0.39 is 0 Å². The number of amides is 1. The summed E-state index contributed by atoms with van der Waals surface area (Å²) in [5.41, 5.74) is 4.36. The van der Waals surface area contributed by atoms with E-state index in [-0.39, 0.29) is 5.91 Å². The minimum absolute atomic E-state index is 0.0756. The summed E-state index contributed by atoms with van der Waals surface area (Å²) < 4.78 is 2.15. The van der Waals surface area contributed by atoms with Crippen LogP contribution in [-0.2, 0) is 17.8 Å². The molecule has 0 aliphatic carbocycles. The van der Waals surface area contributed by atoms with Crippen molar-refractivity contribution in [2.75, 3.05) is 0 Å². The molecule has 2 aromatic carbocycles. The van der Waals surface area contributed by atoms with Crippen molar-refractivity contribution in [3.05, 3.63) is 66.0 Å². The van der Waals surface area contributed by atoms with E-state index in [1.807, 2.05) is 42.7 Å². The third-order valence-corrected chi connectivity index (χ3v) is 4.17. The first-order chi connectivity index (χ1) is 11.6. The van der Waals surface area contributed by atoms with E-state index >= 15 is 0 Å². The molecule has 0 aliphatic rings. The van der Waals surface area contributed by atoms with Gasteiger partial charge in [-0.1, -0.05) is 36.4 Å². The molecule has 124 valence electrons. The normalized spacial score (nSPS) is 11.1. The summed E-state index contributed by atoms with van der Waals surface area (Å²) in [6.45, 7) is 4.82. The lowest BCUT2D eigenvalue weighted by Crippen LogP contribution is -2.22. The summed E-state index contributed by atoms with van der Waals surface area (Å²) in [4.78, 5) is 16.5. The monoisotopic (exact) mass is 321 g/mol. The highest BCUT2D eigenvalue weighted by molar-refractivity contribution is 5.78. The molecule has 1 aromatic heterocycles. The maximum atomic E-state index is 12.0. The van der Waals surface area contributed by atoms with E-state index in [0.29, 0.717) is 19.0 Å². The van der Waals surface area contributed by atoms with Crippen molar-refractivity contribution in [1.29, 1.82) is 0 Å². The molecule has 0 radical (unpaired) electrons. The highest BCUT2D eigenvalue weighted by Crippen LogP contribution is 2.18. The Kier molecular flexibility index (Phi) is 4.94. The van der Waals surface area contributed by atoms with Crippen LogP contribution in [0.5, 0.6) is 0 Å². The maximum Gasteiger partial charge on any atom is 0.220 e. The van der Waals surface area contributed by atoms with E-state index in [1.54, 1.807) is 0 Å². The van der Waals surface area contributed by atoms with Crippen molar-refractivity contribution in [1.82, 2.24) is 14.9 Å². The topological polar surface area (TPSA) is 46.9 Å². The van der Waals surface area contributed by atoms with Crippen LogP contribution >= 0.6 is 0 Å². The third kappa shape index (κ3) is 3.82. The number of hydrogen-bond donors (Lipinski definition) is 1. The Morgan fingerprint density at radius 1 is 1.12 bits per heavy atom. The Balaban J connectivity index is 1.56. The number of benzene rings is 2. The summed E-state index contributed by atoms with van der Waals surface area (Å²) in [7, 11) is 0. The Bertz CT molecular complexity index is 821. The fourth-order valence-electron chi connectivity index (χ4n) is 2.79. The van der Waals surface area contributed by atoms with Gasteiger partial charge < -0.3 is 9.88 Å². The van der Waals surface area contributed by atoms with E-state index in [4.69, 9.17) is 0 Å². The van der Waals surface area contributed by atoms with Crippen molar-refractivity contribution in [3.8, 4) is 0 Å². The van der Waals surface area contributed by atoms with Gasteiger partial charge in [-0.25, -0.2) is 4.98 Å². The Morgan fingerprint density at radius 3 is 2.67 bits per heavy atom. The van der Waals surface area contributed by atoms with Crippen molar-refractivity contribution >= 4 is 16.9 Å². The van der Waals surface area contributed by atoms with Gasteiger partial charge in [0, 0.05) is 19.0 Å². The van der Waals surface area contributed by atoms with Gasteiger partial charge in [-0.05, 0) is 43.5 Å². The van der Waals surface area contributed by atoms with Crippen LogP contribution in [0.2, 0.25) is 0 Å². The van der Waals surface area contributed by atoms with Gasteiger partial charge in [0.2, 0.25) is 5.91 Å². The molecular formula is C20H23N3O. The molecule has 0 saturated heterocycles. The number of carbonyl (C=O) groups is 1. The molecule has 1 heterocycles. The smallest absolute Gasteiger partial charge is 0.220 e. The summed E-state index contributed by atoms with van der Waals surface area (Å²) in [6, 6.07) is 16.6. The lowest BCUT2D eigenvalue weighted by Gasteiger charge is -2.09. The molecule has 0 bridgehead atoms. The highest BCUT2D eigenvalue weighted by atomic mass is 16.1. The van der Waals surface area contributed by atoms with E-state index in [9.17, 15) is 4.79 Å². The minimum Gasteiger partial charge on any atom is -0.352 e. The maximum absolute atomic E-state index is 12.0. The molecule has 0 unspecified atom stereocenters. The van der Waals surface area contributed by atoms with E-state index in [2.05, 4.69) is 40.8 Å². The van der Waals surface area contributed by atoms with Crippen molar-refractivity contribution in [2.45, 2.75) is 39.3 Å². The lowest BCUT2D eigenvalue weighted by molar-refractivity contribution is -0.121. The first-order valence-corrected chi connectivity index (χ1v) is 8.39. The molecule has 4 heteroatoms. The second-order valence-electron chi connectivity index (χ2n) is 6.33. The molecule has 4 nitrogen and oxygen atoms in total. The largest absolute Gasteiger partial charge is 0.352 e. The minimum atomic E-state index is 0.0756. The van der Waals surface area contributed by atoms with Gasteiger partial charge in [0.1, 0.15) is 0 Å². The molecular weight excluding hydrogens is 298 g/mol. The number of aryl methyl sites for hydroxylation is 1. The summed E-state index contributed by atoms with van der Waals surface area (Å²) >= 11 is 0. The predicted molar refractivity (Wildman–Crippen MR) is 96.7 cm³/mol. The van der Waals surface area contributed by atoms with E-state index in [0.717, 1.165) is 23.0 Å². The number of hydrogen-bond acceptors (Lipinski definition) is 2. The average molecular weight is 321 g/mol. The van der Waals surface area contributed by atoms with Gasteiger partial charge >= 0.3 is 0 Å². The molecule has 0 aliphatic heterocycles. The lowest BCUT2D eigenvalue weighted by atomic mass is 10.1. The van der Waals surface area contributed by atoms with E-state index in [1.165, 1.54) is 5.56 Å². The number of imidazole rings is 1. The van der Waals surface area contributed by atoms with Gasteiger partial charge in [0.25, 0.3) is 0 Å². The zero-order valence-corrected chi connectivity index (χ0v) is 14.2. The molecule has 3 aromatic rings. The number of nitrogens with one attached hydrogen (secondary N) is 1. The van der Waals surface area contributed by atoms with Crippen molar-refractivity contribution in [2.24, 2.45) is 0 Å². The van der Waals surface area contributed by atoms with Gasteiger partial charge in [-0.3, -0.25) is 4.79 Å². The second kappa shape index (κ2) is 7.30. The van der Waals surface area contributed by atoms with Crippen molar-refractivity contribution in [3.63, 3.8) is 0 Å². The predicted octanol–water partition coefficient (Wildman–Crippen LogP) is 3.87. The number of carbonyl (C=O) groups excluding carboxylic acids is 1. The molecule has 0 saturated carbocycles. The van der Waals surface area contributed by atoms with Crippen molar-refractivity contribution < 1.29 is 4.79 Å². The Morgan fingerprint density at radius 2 is 1.92 bits per heavy atom. The first-order valence-electron chi connectivity index (χ1n) is 8.39. The SMILES string of the molecule is CC(C)n1cnc2cc(CNC(=O)CCc3ccccc3)ccc21. The van der Waals surface area contributed by atoms with Crippen LogP contribution in [0, 0.1) is 0 Å². The fourth-order valence-corrected chi connectivity index (χ4v) is 2.79. The molecule has 3 rings (SSSR count). The zero-order valence-electron chi connectivity index (χ0n) is 14.2. The first kappa shape index (κ1) is 16.2. The summed E-state index contributed by atoms with van der Waals surface area (Å²) in [6.07, 6.45) is 3.15. The molecule has 0 spiro atoms. The molecule has 24 heavy (non-hydrogen) atoms. The van der Waals surface area contributed by atoms with Crippen LogP contribution in [0.1, 0.15) is 37.4 Å². The average Bonchev–Trinajstić information content (AvgIpc) is 3.02. The number of aromatic nitrogens is 2. The third-order valence-electron chi connectivity index (χ3n) is 4.17. The highest BCUT2D eigenvalue weighted by Gasteiger charge is 2.07. The molecule has 1 amide bonds. The Labute approximate surface area is 142 Å². The number of fused-ring (bicyclic) bond motifs is 1. The fraction of sp³-hybridized carbons (Fsp3) is 0.300. The summed E-state index contributed by atoms with van der Waals surface area (Å²) in [5.74, 6) is 0.0756. The molecule has 1 N–H and O–H groups in total. The number of rotatable bonds is 6. The quantitative estimate of drug-likeness (QED) is 0.749. The molecule has 0 fully saturated rings. The van der Waals surface area contributed by atoms with Gasteiger partial charge in [0.05, 0.1) is 17.4 Å². The van der Waals surface area contributed by atoms with Gasteiger partial charge in [0.15, 0.2) is 0 Å². The second-order valence-corrected chi connectivity index (χ2v) is 6.33. The van der Waals surface area contributed by atoms with Crippen LogP contribution in [0.4, 0.5) is 0 Å². The van der Waals surface area contributed by atoms with Crippen LogP contribution in [0.25, 0.3) is 11.0 Å². The van der Waals surface area contributed by atoms with Crippen LogP contribution in [0.3, 0.4) is 0 Å². The van der Waals surface area contributed by atoms with Crippen LogP contribution in [0.15, 0.2) is 54.9 Å². The summed E-state index contributed by atoms with van der Waals surface area (Å²) in [5, 5.41) is 2.99. The molecule has 0 atom stereocenters. The number of nitrogens with zero attached hydrogens (tertiary/aromatic N) is 2. The van der Waals surface area contributed by atoms with Crippen LogP contribution < -0.4 is 5.32 Å². The Hall–Kier alpha value is -2.62.